The van der Waals surface area contributed by atoms with Crippen molar-refractivity contribution in [2.45, 2.75) is 13.5 Å². The minimum Gasteiger partial charge on any atom is -0.380 e. The summed E-state index contributed by atoms with van der Waals surface area (Å²) in [7, 11) is -4.30. The molecule has 0 aliphatic heterocycles. The second-order valence-corrected chi connectivity index (χ2v) is 5.83. The van der Waals surface area contributed by atoms with Crippen molar-refractivity contribution in [1.29, 1.82) is 0 Å². The van der Waals surface area contributed by atoms with Crippen LogP contribution in [0.25, 0.3) is 0 Å². The minimum atomic E-state index is -4.30. The number of aromatic nitrogens is 2. The minimum absolute atomic E-state index is 0.201. The van der Waals surface area contributed by atoms with E-state index in [0.717, 1.165) is 6.07 Å². The Morgan fingerprint density at radius 1 is 1.33 bits per heavy atom. The molecule has 2 rings (SSSR count). The third-order valence-corrected chi connectivity index (χ3v) is 3.43. The fraction of sp³-hybridized carbons (Fsp3) is 0.231. The van der Waals surface area contributed by atoms with Crippen LogP contribution in [0.3, 0.4) is 0 Å². The Balaban J connectivity index is 2.32. The lowest BCUT2D eigenvalue weighted by molar-refractivity contribution is 0.449. The summed E-state index contributed by atoms with van der Waals surface area (Å²) in [6, 6.07) is 6.04. The molecule has 8 heteroatoms. The van der Waals surface area contributed by atoms with Gasteiger partial charge < -0.3 is 8.75 Å². The van der Waals surface area contributed by atoms with Crippen molar-refractivity contribution >= 4 is 10.1 Å². The quantitative estimate of drug-likeness (QED) is 0.776. The lowest BCUT2D eigenvalue weighted by atomic mass is 10.3. The maximum atomic E-state index is 12.2. The molecular formula is C13H13FN2O4S. The first kappa shape index (κ1) is 15.2. The van der Waals surface area contributed by atoms with Gasteiger partial charge in [0.05, 0.1) is 12.2 Å². The highest BCUT2D eigenvalue weighted by Crippen LogP contribution is 2.13. The molecule has 0 bridgehead atoms. The van der Waals surface area contributed by atoms with Gasteiger partial charge in [-0.2, -0.15) is 8.42 Å². The molecule has 6 nitrogen and oxygen atoms in total. The van der Waals surface area contributed by atoms with Crippen LogP contribution in [-0.2, 0) is 16.7 Å². The van der Waals surface area contributed by atoms with Gasteiger partial charge in [0.1, 0.15) is 5.75 Å². The number of hydrogen-bond donors (Lipinski definition) is 0. The molecule has 21 heavy (non-hydrogen) atoms. The van der Waals surface area contributed by atoms with Gasteiger partial charge in [0.2, 0.25) is 6.01 Å². The van der Waals surface area contributed by atoms with E-state index >= 15 is 0 Å². The van der Waals surface area contributed by atoms with Gasteiger partial charge in [-0.3, -0.25) is 9.78 Å². The molecule has 0 aliphatic carbocycles. The van der Waals surface area contributed by atoms with Crippen LogP contribution in [0, 0.1) is 6.92 Å². The molecule has 0 radical (unpaired) electrons. The Bertz CT molecular complexity index is 788. The maximum absolute atomic E-state index is 12.2. The molecule has 2 aromatic rings. The van der Waals surface area contributed by atoms with E-state index in [2.05, 4.69) is 9.17 Å². The summed E-state index contributed by atoms with van der Waals surface area (Å²) in [5, 5.41) is 0. The smallest absolute Gasteiger partial charge is 0.339 e. The molecule has 0 aromatic carbocycles. The Kier molecular flexibility index (Phi) is 4.37. The van der Waals surface area contributed by atoms with Gasteiger partial charge in [-0.25, -0.2) is 4.39 Å². The molecule has 0 saturated heterocycles. The van der Waals surface area contributed by atoms with E-state index < -0.39 is 21.7 Å². The molecule has 0 unspecified atom stereocenters. The molecular weight excluding hydrogens is 299 g/mol. The zero-order valence-electron chi connectivity index (χ0n) is 11.2. The number of aryl methyl sites for hydroxylation is 1. The molecule has 0 N–H and O–H groups in total. The lowest BCUT2D eigenvalue weighted by Gasteiger charge is -2.11. The highest BCUT2D eigenvalue weighted by molar-refractivity contribution is 7.86. The van der Waals surface area contributed by atoms with E-state index in [-0.39, 0.29) is 12.3 Å². The van der Waals surface area contributed by atoms with E-state index in [4.69, 9.17) is 0 Å². The molecule has 0 amide bonds. The van der Waals surface area contributed by atoms with Gasteiger partial charge in [0.15, 0.2) is 0 Å². The van der Waals surface area contributed by atoms with Crippen molar-refractivity contribution in [1.82, 2.24) is 9.55 Å². The number of rotatable bonds is 5. The van der Waals surface area contributed by atoms with Crippen LogP contribution in [0.5, 0.6) is 5.75 Å². The fourth-order valence-electron chi connectivity index (χ4n) is 1.77. The Morgan fingerprint density at radius 3 is 2.67 bits per heavy atom. The molecule has 2 heterocycles. The number of nitrogens with zero attached hydrogens (tertiary/aromatic N) is 2. The Hall–Kier alpha value is -2.22. The van der Waals surface area contributed by atoms with Gasteiger partial charge in [0.25, 0.3) is 5.56 Å². The van der Waals surface area contributed by atoms with Crippen molar-refractivity contribution in [3.8, 4) is 5.75 Å². The van der Waals surface area contributed by atoms with Gasteiger partial charge in [-0.05, 0) is 19.1 Å². The molecule has 0 fully saturated rings. The second-order valence-electron chi connectivity index (χ2n) is 4.33. The topological polar surface area (TPSA) is 78.3 Å². The van der Waals surface area contributed by atoms with Crippen molar-refractivity contribution in [3.05, 3.63) is 58.3 Å². The predicted molar refractivity (Wildman–Crippen MR) is 74.3 cm³/mol. The van der Waals surface area contributed by atoms with Gasteiger partial charge >= 0.3 is 10.1 Å². The van der Waals surface area contributed by atoms with Crippen LogP contribution in [0.2, 0.25) is 0 Å². The molecule has 0 saturated carbocycles. The SMILES string of the molecule is Cc1cc(OS(=O)(=O)CF)cc(=O)n1Cc1ccccn1. The Morgan fingerprint density at radius 2 is 2.10 bits per heavy atom. The highest BCUT2D eigenvalue weighted by Gasteiger charge is 2.14. The zero-order chi connectivity index (χ0) is 15.5. The van der Waals surface area contributed by atoms with E-state index in [9.17, 15) is 17.6 Å². The zero-order valence-corrected chi connectivity index (χ0v) is 12.0. The summed E-state index contributed by atoms with van der Waals surface area (Å²) in [6.45, 7) is 1.88. The van der Waals surface area contributed by atoms with Crippen LogP contribution in [-0.4, -0.2) is 24.0 Å². The van der Waals surface area contributed by atoms with Gasteiger partial charge in [-0.15, -0.1) is 0 Å². The third-order valence-electron chi connectivity index (χ3n) is 2.71. The van der Waals surface area contributed by atoms with Crippen LogP contribution in [0.4, 0.5) is 4.39 Å². The van der Waals surface area contributed by atoms with Crippen LogP contribution in [0.1, 0.15) is 11.4 Å². The monoisotopic (exact) mass is 312 g/mol. The molecule has 2 aromatic heterocycles. The predicted octanol–water partition coefficient (Wildman–Crippen LogP) is 1.24. The normalized spacial score (nSPS) is 11.3. The summed E-state index contributed by atoms with van der Waals surface area (Å²) in [5.41, 5.74) is 0.717. The van der Waals surface area contributed by atoms with Gasteiger partial charge in [0, 0.05) is 24.0 Å². The fourth-order valence-corrected chi connectivity index (χ4v) is 2.21. The van der Waals surface area contributed by atoms with E-state index in [0.29, 0.717) is 11.4 Å². The lowest BCUT2D eigenvalue weighted by Crippen LogP contribution is -2.23. The number of hydrogen-bond acceptors (Lipinski definition) is 5. The van der Waals surface area contributed by atoms with Crippen molar-refractivity contribution in [2.75, 3.05) is 6.01 Å². The maximum Gasteiger partial charge on any atom is 0.339 e. The summed E-state index contributed by atoms with van der Waals surface area (Å²) in [5.74, 6) is -0.201. The first-order valence-corrected chi connectivity index (χ1v) is 7.58. The summed E-state index contributed by atoms with van der Waals surface area (Å²) < 4.78 is 40.2. The van der Waals surface area contributed by atoms with Crippen molar-refractivity contribution in [3.63, 3.8) is 0 Å². The van der Waals surface area contributed by atoms with Crippen LogP contribution >= 0.6 is 0 Å². The summed E-state index contributed by atoms with van der Waals surface area (Å²) in [4.78, 5) is 16.1. The van der Waals surface area contributed by atoms with Crippen molar-refractivity contribution in [2.24, 2.45) is 0 Å². The van der Waals surface area contributed by atoms with Crippen LogP contribution < -0.4 is 9.74 Å². The standard InChI is InChI=1S/C13H13FN2O4S/c1-10-6-12(20-21(18,19)9-14)7-13(17)16(10)8-11-4-2-3-5-15-11/h2-7H,8-9H2,1H3. The summed E-state index contributed by atoms with van der Waals surface area (Å²) >= 11 is 0. The first-order chi connectivity index (χ1) is 9.91. The van der Waals surface area contributed by atoms with Crippen molar-refractivity contribution < 1.29 is 17.0 Å². The van der Waals surface area contributed by atoms with E-state index in [1.54, 1.807) is 31.3 Å². The number of alkyl halides is 1. The summed E-state index contributed by atoms with van der Waals surface area (Å²) in [6.07, 6.45) is 1.61. The molecule has 0 spiro atoms. The molecule has 0 aliphatic rings. The van der Waals surface area contributed by atoms with Crippen LogP contribution in [0.15, 0.2) is 41.3 Å². The van der Waals surface area contributed by atoms with E-state index in [1.165, 1.54) is 10.6 Å². The van der Waals surface area contributed by atoms with Gasteiger partial charge in [-0.1, -0.05) is 6.07 Å². The first-order valence-electron chi connectivity index (χ1n) is 6.01. The highest BCUT2D eigenvalue weighted by atomic mass is 32.2. The number of halogens is 1. The molecule has 0 atom stereocenters. The third kappa shape index (κ3) is 3.88. The number of pyridine rings is 2. The molecule has 112 valence electrons. The Labute approximate surface area is 121 Å². The average Bonchev–Trinajstić information content (AvgIpc) is 2.44. The second kappa shape index (κ2) is 6.04. The van der Waals surface area contributed by atoms with E-state index in [1.807, 2.05) is 0 Å². The largest absolute Gasteiger partial charge is 0.380 e. The average molecular weight is 312 g/mol.